The first kappa shape index (κ1) is 17.8. The average molecular weight is 320 g/mol. The average Bonchev–Trinajstić information content (AvgIpc) is 2.58. The van der Waals surface area contributed by atoms with Gasteiger partial charge in [-0.3, -0.25) is 9.69 Å². The Labute approximate surface area is 138 Å². The van der Waals surface area contributed by atoms with E-state index in [0.29, 0.717) is 13.1 Å². The standard InChI is InChI=1S/C18H28N2O3/c1-4-16(13-21)19-9-11-20(12-10-19)18(22)15(3)23-17-7-5-14(2)6-8-17/h5-8,15-16,21H,4,9-13H2,1-3H3. The molecule has 5 heteroatoms. The molecule has 23 heavy (non-hydrogen) atoms. The molecule has 0 spiro atoms. The molecule has 1 fully saturated rings. The number of hydrogen-bond donors (Lipinski definition) is 1. The molecule has 0 saturated carbocycles. The lowest BCUT2D eigenvalue weighted by Crippen LogP contribution is -2.54. The molecule has 5 nitrogen and oxygen atoms in total. The van der Waals surface area contributed by atoms with Crippen LogP contribution in [0.25, 0.3) is 0 Å². The van der Waals surface area contributed by atoms with E-state index in [1.807, 2.05) is 36.1 Å². The Bertz CT molecular complexity index is 491. The van der Waals surface area contributed by atoms with E-state index in [4.69, 9.17) is 4.74 Å². The molecule has 1 saturated heterocycles. The van der Waals surface area contributed by atoms with Crippen LogP contribution >= 0.6 is 0 Å². The monoisotopic (exact) mass is 320 g/mol. The highest BCUT2D eigenvalue weighted by molar-refractivity contribution is 5.81. The third kappa shape index (κ3) is 4.69. The summed E-state index contributed by atoms with van der Waals surface area (Å²) in [6.07, 6.45) is 0.446. The molecular weight excluding hydrogens is 292 g/mol. The zero-order valence-electron chi connectivity index (χ0n) is 14.4. The quantitative estimate of drug-likeness (QED) is 0.866. The molecule has 0 bridgehead atoms. The van der Waals surface area contributed by atoms with Crippen LogP contribution in [0.15, 0.2) is 24.3 Å². The molecule has 1 heterocycles. The smallest absolute Gasteiger partial charge is 0.263 e. The maximum atomic E-state index is 12.5. The van der Waals surface area contributed by atoms with Gasteiger partial charge in [0.1, 0.15) is 5.75 Å². The van der Waals surface area contributed by atoms with Gasteiger partial charge in [-0.15, -0.1) is 0 Å². The van der Waals surface area contributed by atoms with Gasteiger partial charge in [-0.1, -0.05) is 24.6 Å². The fraction of sp³-hybridized carbons (Fsp3) is 0.611. The number of ether oxygens (including phenoxy) is 1. The predicted octanol–water partition coefficient (Wildman–Crippen LogP) is 1.68. The number of amides is 1. The summed E-state index contributed by atoms with van der Waals surface area (Å²) in [5.74, 6) is 0.753. The van der Waals surface area contributed by atoms with Gasteiger partial charge in [0.05, 0.1) is 6.61 Å². The van der Waals surface area contributed by atoms with E-state index in [1.165, 1.54) is 5.56 Å². The second kappa shape index (κ2) is 8.31. The van der Waals surface area contributed by atoms with Gasteiger partial charge in [0, 0.05) is 32.2 Å². The maximum absolute atomic E-state index is 12.5. The Morgan fingerprint density at radius 3 is 2.35 bits per heavy atom. The zero-order valence-corrected chi connectivity index (χ0v) is 14.4. The van der Waals surface area contributed by atoms with E-state index in [9.17, 15) is 9.90 Å². The Hall–Kier alpha value is -1.59. The Balaban J connectivity index is 1.85. The second-order valence-corrected chi connectivity index (χ2v) is 6.18. The first-order valence-electron chi connectivity index (χ1n) is 8.42. The van der Waals surface area contributed by atoms with E-state index in [-0.39, 0.29) is 18.6 Å². The number of aliphatic hydroxyl groups excluding tert-OH is 1. The summed E-state index contributed by atoms with van der Waals surface area (Å²) >= 11 is 0. The van der Waals surface area contributed by atoms with Crippen molar-refractivity contribution in [2.75, 3.05) is 32.8 Å². The van der Waals surface area contributed by atoms with Crippen LogP contribution in [0, 0.1) is 6.92 Å². The summed E-state index contributed by atoms with van der Waals surface area (Å²) in [4.78, 5) is 16.6. The van der Waals surface area contributed by atoms with E-state index >= 15 is 0 Å². The summed E-state index contributed by atoms with van der Waals surface area (Å²) in [7, 11) is 0. The lowest BCUT2D eigenvalue weighted by atomic mass is 10.1. The van der Waals surface area contributed by atoms with Crippen LogP contribution in [0.2, 0.25) is 0 Å². The van der Waals surface area contributed by atoms with Crippen LogP contribution in [0.1, 0.15) is 25.8 Å². The van der Waals surface area contributed by atoms with Crippen molar-refractivity contribution in [3.8, 4) is 5.75 Å². The third-order valence-electron chi connectivity index (χ3n) is 4.51. The van der Waals surface area contributed by atoms with E-state index in [2.05, 4.69) is 11.8 Å². The summed E-state index contributed by atoms with van der Waals surface area (Å²) < 4.78 is 5.76. The van der Waals surface area contributed by atoms with Gasteiger partial charge in [-0.05, 0) is 32.4 Å². The minimum atomic E-state index is -0.482. The summed E-state index contributed by atoms with van der Waals surface area (Å²) in [6, 6.07) is 7.94. The third-order valence-corrected chi connectivity index (χ3v) is 4.51. The van der Waals surface area contributed by atoms with Gasteiger partial charge >= 0.3 is 0 Å². The summed E-state index contributed by atoms with van der Waals surface area (Å²) in [5, 5.41) is 9.38. The van der Waals surface area contributed by atoms with Gasteiger partial charge in [-0.2, -0.15) is 0 Å². The highest BCUT2D eigenvalue weighted by Crippen LogP contribution is 2.15. The van der Waals surface area contributed by atoms with Gasteiger partial charge in [-0.25, -0.2) is 0 Å². The van der Waals surface area contributed by atoms with Crippen molar-refractivity contribution in [3.05, 3.63) is 29.8 Å². The number of aliphatic hydroxyl groups is 1. The fourth-order valence-corrected chi connectivity index (χ4v) is 2.94. The Kier molecular flexibility index (Phi) is 6.42. The van der Waals surface area contributed by atoms with Crippen molar-refractivity contribution in [2.45, 2.75) is 39.3 Å². The molecular formula is C18H28N2O3. The highest BCUT2D eigenvalue weighted by Gasteiger charge is 2.28. The van der Waals surface area contributed by atoms with Crippen LogP contribution < -0.4 is 4.74 Å². The molecule has 1 aromatic rings. The lowest BCUT2D eigenvalue weighted by Gasteiger charge is -2.39. The number of carbonyl (C=O) groups is 1. The van der Waals surface area contributed by atoms with Crippen LogP contribution in [0.3, 0.4) is 0 Å². The fourth-order valence-electron chi connectivity index (χ4n) is 2.94. The normalized spacial score (nSPS) is 18.5. The van der Waals surface area contributed by atoms with Crippen LogP contribution in [-0.2, 0) is 4.79 Å². The molecule has 1 aliphatic rings. The van der Waals surface area contributed by atoms with E-state index in [1.54, 1.807) is 6.92 Å². The molecule has 1 amide bonds. The van der Waals surface area contributed by atoms with Crippen LogP contribution in [0.4, 0.5) is 0 Å². The number of hydrogen-bond acceptors (Lipinski definition) is 4. The first-order valence-corrected chi connectivity index (χ1v) is 8.42. The predicted molar refractivity (Wildman–Crippen MR) is 90.6 cm³/mol. The summed E-state index contributed by atoms with van der Waals surface area (Å²) in [6.45, 7) is 9.08. The second-order valence-electron chi connectivity index (χ2n) is 6.18. The van der Waals surface area contributed by atoms with Gasteiger partial charge in [0.15, 0.2) is 6.10 Å². The molecule has 1 aromatic carbocycles. The molecule has 0 radical (unpaired) electrons. The number of rotatable bonds is 6. The molecule has 1 aliphatic heterocycles. The highest BCUT2D eigenvalue weighted by atomic mass is 16.5. The maximum Gasteiger partial charge on any atom is 0.263 e. The SMILES string of the molecule is CCC(CO)N1CCN(C(=O)C(C)Oc2ccc(C)cc2)CC1. The van der Waals surface area contributed by atoms with E-state index < -0.39 is 6.10 Å². The summed E-state index contributed by atoms with van der Waals surface area (Å²) in [5.41, 5.74) is 1.17. The minimum absolute atomic E-state index is 0.0299. The number of benzene rings is 1. The molecule has 2 rings (SSSR count). The van der Waals surface area contributed by atoms with Crippen molar-refractivity contribution in [1.82, 2.24) is 9.80 Å². The van der Waals surface area contributed by atoms with E-state index in [0.717, 1.165) is 25.3 Å². The molecule has 1 N–H and O–H groups in total. The van der Waals surface area contributed by atoms with Crippen molar-refractivity contribution in [2.24, 2.45) is 0 Å². The topological polar surface area (TPSA) is 53.0 Å². The zero-order chi connectivity index (χ0) is 16.8. The van der Waals surface area contributed by atoms with Crippen LogP contribution in [-0.4, -0.2) is 65.7 Å². The van der Waals surface area contributed by atoms with Crippen molar-refractivity contribution >= 4 is 5.91 Å². The van der Waals surface area contributed by atoms with Gasteiger partial charge < -0.3 is 14.7 Å². The van der Waals surface area contributed by atoms with Crippen molar-refractivity contribution in [1.29, 1.82) is 0 Å². The van der Waals surface area contributed by atoms with Gasteiger partial charge in [0.25, 0.3) is 5.91 Å². The first-order chi connectivity index (χ1) is 11.0. The molecule has 0 aliphatic carbocycles. The molecule has 128 valence electrons. The van der Waals surface area contributed by atoms with Crippen LogP contribution in [0.5, 0.6) is 5.75 Å². The molecule has 2 unspecified atom stereocenters. The number of piperazine rings is 1. The minimum Gasteiger partial charge on any atom is -0.481 e. The lowest BCUT2D eigenvalue weighted by molar-refractivity contribution is -0.140. The van der Waals surface area contributed by atoms with Crippen molar-refractivity contribution < 1.29 is 14.6 Å². The largest absolute Gasteiger partial charge is 0.481 e. The number of nitrogens with zero attached hydrogens (tertiary/aromatic N) is 2. The number of carbonyl (C=O) groups excluding carboxylic acids is 1. The Morgan fingerprint density at radius 1 is 1.22 bits per heavy atom. The molecule has 2 atom stereocenters. The van der Waals surface area contributed by atoms with Crippen molar-refractivity contribution in [3.63, 3.8) is 0 Å². The number of aryl methyl sites for hydroxylation is 1. The Morgan fingerprint density at radius 2 is 1.83 bits per heavy atom. The molecule has 0 aromatic heterocycles. The van der Waals surface area contributed by atoms with Gasteiger partial charge in [0.2, 0.25) is 0 Å².